The molecular formula is C10H21NO3. The standard InChI is InChI=1S/C10H21NO3/c1-3-9(4-5-12)7-11-6-8(2)10(13)14/h8-9,11-12H,3-7H2,1-2H3,(H,13,14). The van der Waals surface area contributed by atoms with E-state index in [0.717, 1.165) is 19.4 Å². The number of aliphatic hydroxyl groups excluding tert-OH is 1. The summed E-state index contributed by atoms with van der Waals surface area (Å²) in [4.78, 5) is 10.5. The molecular weight excluding hydrogens is 182 g/mol. The molecule has 2 atom stereocenters. The Morgan fingerprint density at radius 2 is 2.07 bits per heavy atom. The van der Waals surface area contributed by atoms with Gasteiger partial charge in [-0.1, -0.05) is 20.3 Å². The molecule has 0 amide bonds. The van der Waals surface area contributed by atoms with Crippen molar-refractivity contribution in [1.29, 1.82) is 0 Å². The van der Waals surface area contributed by atoms with Gasteiger partial charge in [0, 0.05) is 13.2 Å². The van der Waals surface area contributed by atoms with Gasteiger partial charge in [-0.3, -0.25) is 4.79 Å². The average Bonchev–Trinajstić information content (AvgIpc) is 2.16. The van der Waals surface area contributed by atoms with Crippen LogP contribution in [0, 0.1) is 11.8 Å². The van der Waals surface area contributed by atoms with Crippen LogP contribution in [0.1, 0.15) is 26.7 Å². The lowest BCUT2D eigenvalue weighted by molar-refractivity contribution is -0.140. The van der Waals surface area contributed by atoms with Crippen LogP contribution in [0.3, 0.4) is 0 Å². The summed E-state index contributed by atoms with van der Waals surface area (Å²) in [5.41, 5.74) is 0. The second kappa shape index (κ2) is 7.76. The highest BCUT2D eigenvalue weighted by Crippen LogP contribution is 2.05. The molecule has 0 fully saturated rings. The monoisotopic (exact) mass is 203 g/mol. The van der Waals surface area contributed by atoms with Crippen LogP contribution in [0.15, 0.2) is 0 Å². The van der Waals surface area contributed by atoms with Crippen molar-refractivity contribution in [1.82, 2.24) is 5.32 Å². The summed E-state index contributed by atoms with van der Waals surface area (Å²) in [7, 11) is 0. The molecule has 0 radical (unpaired) electrons. The number of aliphatic carboxylic acids is 1. The zero-order valence-corrected chi connectivity index (χ0v) is 8.99. The molecule has 0 saturated heterocycles. The van der Waals surface area contributed by atoms with Crippen LogP contribution >= 0.6 is 0 Å². The van der Waals surface area contributed by atoms with Crippen LogP contribution in [0.4, 0.5) is 0 Å². The summed E-state index contributed by atoms with van der Waals surface area (Å²) in [6.07, 6.45) is 1.79. The quantitative estimate of drug-likeness (QED) is 0.543. The first kappa shape index (κ1) is 13.4. The molecule has 3 N–H and O–H groups in total. The topological polar surface area (TPSA) is 69.6 Å². The van der Waals surface area contributed by atoms with Gasteiger partial charge in [0.05, 0.1) is 5.92 Å². The molecule has 4 heteroatoms. The summed E-state index contributed by atoms with van der Waals surface area (Å²) in [6, 6.07) is 0. The molecule has 0 spiro atoms. The zero-order valence-electron chi connectivity index (χ0n) is 8.99. The van der Waals surface area contributed by atoms with E-state index < -0.39 is 5.97 Å². The molecule has 0 aliphatic heterocycles. The Hall–Kier alpha value is -0.610. The maximum absolute atomic E-state index is 10.5. The van der Waals surface area contributed by atoms with Crippen molar-refractivity contribution in [2.75, 3.05) is 19.7 Å². The van der Waals surface area contributed by atoms with Crippen LogP contribution in [-0.2, 0) is 4.79 Å². The second-order valence-electron chi connectivity index (χ2n) is 3.68. The van der Waals surface area contributed by atoms with Gasteiger partial charge in [-0.25, -0.2) is 0 Å². The van der Waals surface area contributed by atoms with Crippen molar-refractivity contribution in [3.05, 3.63) is 0 Å². The van der Waals surface area contributed by atoms with E-state index in [1.165, 1.54) is 0 Å². The van der Waals surface area contributed by atoms with E-state index >= 15 is 0 Å². The first-order chi connectivity index (χ1) is 6.61. The zero-order chi connectivity index (χ0) is 11.0. The minimum Gasteiger partial charge on any atom is -0.481 e. The van der Waals surface area contributed by atoms with Crippen molar-refractivity contribution >= 4 is 5.97 Å². The Balaban J connectivity index is 3.55. The van der Waals surface area contributed by atoms with E-state index in [1.807, 2.05) is 0 Å². The van der Waals surface area contributed by atoms with E-state index in [2.05, 4.69) is 12.2 Å². The maximum atomic E-state index is 10.5. The molecule has 0 heterocycles. The number of rotatable bonds is 8. The fourth-order valence-electron chi connectivity index (χ4n) is 1.22. The highest BCUT2D eigenvalue weighted by atomic mass is 16.4. The largest absolute Gasteiger partial charge is 0.481 e. The lowest BCUT2D eigenvalue weighted by atomic mass is 10.0. The molecule has 0 aromatic carbocycles. The Bertz CT molecular complexity index is 161. The van der Waals surface area contributed by atoms with E-state index in [9.17, 15) is 4.79 Å². The second-order valence-corrected chi connectivity index (χ2v) is 3.68. The molecule has 4 nitrogen and oxygen atoms in total. The highest BCUT2D eigenvalue weighted by Gasteiger charge is 2.11. The minimum absolute atomic E-state index is 0.203. The third kappa shape index (κ3) is 5.94. The summed E-state index contributed by atoms with van der Waals surface area (Å²) in [5.74, 6) is -0.671. The Morgan fingerprint density at radius 1 is 1.43 bits per heavy atom. The molecule has 14 heavy (non-hydrogen) atoms. The van der Waals surface area contributed by atoms with Crippen molar-refractivity contribution in [2.24, 2.45) is 11.8 Å². The van der Waals surface area contributed by atoms with Gasteiger partial charge < -0.3 is 15.5 Å². The van der Waals surface area contributed by atoms with Gasteiger partial charge in [-0.2, -0.15) is 0 Å². The number of carbonyl (C=O) groups is 1. The fraction of sp³-hybridized carbons (Fsp3) is 0.900. The van der Waals surface area contributed by atoms with E-state index in [4.69, 9.17) is 10.2 Å². The van der Waals surface area contributed by atoms with E-state index in [0.29, 0.717) is 12.5 Å². The number of hydrogen-bond donors (Lipinski definition) is 3. The van der Waals surface area contributed by atoms with Crippen LogP contribution in [-0.4, -0.2) is 35.9 Å². The molecule has 0 aliphatic rings. The van der Waals surface area contributed by atoms with Gasteiger partial charge >= 0.3 is 5.97 Å². The maximum Gasteiger partial charge on any atom is 0.307 e. The molecule has 0 aliphatic carbocycles. The molecule has 0 aromatic heterocycles. The summed E-state index contributed by atoms with van der Waals surface area (Å²) in [5, 5.41) is 20.5. The molecule has 0 rings (SSSR count). The van der Waals surface area contributed by atoms with Crippen LogP contribution in [0.25, 0.3) is 0 Å². The third-order valence-corrected chi connectivity index (χ3v) is 2.42. The van der Waals surface area contributed by atoms with Crippen LogP contribution in [0.2, 0.25) is 0 Å². The first-order valence-electron chi connectivity index (χ1n) is 5.16. The molecule has 0 aromatic rings. The molecule has 2 unspecified atom stereocenters. The average molecular weight is 203 g/mol. The minimum atomic E-state index is -0.771. The molecule has 0 bridgehead atoms. The third-order valence-electron chi connectivity index (χ3n) is 2.42. The van der Waals surface area contributed by atoms with Crippen molar-refractivity contribution < 1.29 is 15.0 Å². The van der Waals surface area contributed by atoms with Gasteiger partial charge in [0.15, 0.2) is 0 Å². The van der Waals surface area contributed by atoms with E-state index in [-0.39, 0.29) is 12.5 Å². The lowest BCUT2D eigenvalue weighted by Crippen LogP contribution is -2.30. The first-order valence-corrected chi connectivity index (χ1v) is 5.16. The Labute approximate surface area is 85.3 Å². The van der Waals surface area contributed by atoms with E-state index in [1.54, 1.807) is 6.92 Å². The van der Waals surface area contributed by atoms with Crippen LogP contribution < -0.4 is 5.32 Å². The summed E-state index contributed by atoms with van der Waals surface area (Å²) >= 11 is 0. The van der Waals surface area contributed by atoms with Gasteiger partial charge in [0.1, 0.15) is 0 Å². The SMILES string of the molecule is CCC(CCO)CNCC(C)C(=O)O. The predicted octanol–water partition coefficient (Wildman–Crippen LogP) is 0.705. The van der Waals surface area contributed by atoms with Gasteiger partial charge in [0.2, 0.25) is 0 Å². The normalized spacial score (nSPS) is 15.1. The van der Waals surface area contributed by atoms with Gasteiger partial charge in [-0.05, 0) is 18.9 Å². The lowest BCUT2D eigenvalue weighted by Gasteiger charge is -2.15. The van der Waals surface area contributed by atoms with Crippen molar-refractivity contribution in [3.63, 3.8) is 0 Å². The smallest absolute Gasteiger partial charge is 0.307 e. The van der Waals surface area contributed by atoms with Crippen molar-refractivity contribution in [3.8, 4) is 0 Å². The highest BCUT2D eigenvalue weighted by molar-refractivity contribution is 5.69. The fourth-order valence-corrected chi connectivity index (χ4v) is 1.22. The number of hydrogen-bond acceptors (Lipinski definition) is 3. The molecule has 0 saturated carbocycles. The Kier molecular flexibility index (Phi) is 7.42. The number of nitrogens with one attached hydrogen (secondary N) is 1. The number of carboxylic acids is 1. The number of aliphatic hydroxyl groups is 1. The van der Waals surface area contributed by atoms with Crippen molar-refractivity contribution in [2.45, 2.75) is 26.7 Å². The van der Waals surface area contributed by atoms with Gasteiger partial charge in [0.25, 0.3) is 0 Å². The predicted molar refractivity (Wildman–Crippen MR) is 55.2 cm³/mol. The number of carboxylic acid groups (broad SMARTS) is 1. The van der Waals surface area contributed by atoms with Crippen LogP contribution in [0.5, 0.6) is 0 Å². The summed E-state index contributed by atoms with van der Waals surface area (Å²) in [6.45, 7) is 5.24. The summed E-state index contributed by atoms with van der Waals surface area (Å²) < 4.78 is 0. The molecule has 84 valence electrons. The van der Waals surface area contributed by atoms with Gasteiger partial charge in [-0.15, -0.1) is 0 Å². The Morgan fingerprint density at radius 3 is 2.50 bits per heavy atom.